The first-order chi connectivity index (χ1) is 8.65. The standard InChI is InChI=1S/C13H12BrN3O/c1-7-10-5-16-12(17-13(18)8-2-3-8)4-9(10)11(14)6-15-7/h4-6,8H,2-3H2,1H3,(H,16,17,18). The van der Waals surface area contributed by atoms with Gasteiger partial charge in [-0.1, -0.05) is 0 Å². The lowest BCUT2D eigenvalue weighted by molar-refractivity contribution is -0.117. The molecule has 0 aliphatic heterocycles. The van der Waals surface area contributed by atoms with E-state index in [1.54, 1.807) is 12.4 Å². The van der Waals surface area contributed by atoms with Gasteiger partial charge in [-0.25, -0.2) is 4.98 Å². The highest BCUT2D eigenvalue weighted by atomic mass is 79.9. The van der Waals surface area contributed by atoms with Crippen molar-refractivity contribution in [3.05, 3.63) is 28.6 Å². The molecule has 18 heavy (non-hydrogen) atoms. The predicted molar refractivity (Wildman–Crippen MR) is 73.3 cm³/mol. The summed E-state index contributed by atoms with van der Waals surface area (Å²) in [6.45, 7) is 1.94. The van der Waals surface area contributed by atoms with Gasteiger partial charge in [0, 0.05) is 39.3 Å². The first-order valence-electron chi connectivity index (χ1n) is 5.87. The second-order valence-electron chi connectivity index (χ2n) is 4.57. The van der Waals surface area contributed by atoms with E-state index in [1.807, 2.05) is 13.0 Å². The van der Waals surface area contributed by atoms with Crippen LogP contribution in [0.4, 0.5) is 5.82 Å². The van der Waals surface area contributed by atoms with Crippen LogP contribution in [-0.4, -0.2) is 15.9 Å². The molecule has 0 bridgehead atoms. The van der Waals surface area contributed by atoms with Crippen LogP contribution < -0.4 is 5.32 Å². The van der Waals surface area contributed by atoms with Gasteiger partial charge < -0.3 is 5.32 Å². The molecule has 4 nitrogen and oxygen atoms in total. The van der Waals surface area contributed by atoms with Crippen molar-refractivity contribution >= 4 is 38.4 Å². The van der Waals surface area contributed by atoms with E-state index >= 15 is 0 Å². The first-order valence-corrected chi connectivity index (χ1v) is 6.66. The van der Waals surface area contributed by atoms with E-state index in [0.717, 1.165) is 33.8 Å². The lowest BCUT2D eigenvalue weighted by atomic mass is 10.2. The number of pyridine rings is 2. The average molecular weight is 306 g/mol. The van der Waals surface area contributed by atoms with Gasteiger partial charge in [0.15, 0.2) is 0 Å². The molecule has 2 aromatic rings. The molecular formula is C13H12BrN3O. The Bertz CT molecular complexity index is 637. The van der Waals surface area contributed by atoms with Gasteiger partial charge in [-0.2, -0.15) is 0 Å². The maximum absolute atomic E-state index is 11.7. The van der Waals surface area contributed by atoms with E-state index in [-0.39, 0.29) is 11.8 Å². The summed E-state index contributed by atoms with van der Waals surface area (Å²) in [5, 5.41) is 4.86. The zero-order valence-corrected chi connectivity index (χ0v) is 11.5. The number of aryl methyl sites for hydroxylation is 1. The monoisotopic (exact) mass is 305 g/mol. The highest BCUT2D eigenvalue weighted by molar-refractivity contribution is 9.10. The Kier molecular flexibility index (Phi) is 2.78. The number of hydrogen-bond donors (Lipinski definition) is 1. The van der Waals surface area contributed by atoms with Crippen LogP contribution >= 0.6 is 15.9 Å². The quantitative estimate of drug-likeness (QED) is 0.928. The highest BCUT2D eigenvalue weighted by Gasteiger charge is 2.29. The molecule has 1 aliphatic carbocycles. The largest absolute Gasteiger partial charge is 0.310 e. The Labute approximate surface area is 113 Å². The second-order valence-corrected chi connectivity index (χ2v) is 5.42. The molecule has 0 unspecified atom stereocenters. The predicted octanol–water partition coefficient (Wildman–Crippen LogP) is 3.05. The summed E-state index contributed by atoms with van der Waals surface area (Å²) in [5.74, 6) is 0.861. The van der Waals surface area contributed by atoms with Gasteiger partial charge in [-0.3, -0.25) is 9.78 Å². The fraction of sp³-hybridized carbons (Fsp3) is 0.308. The summed E-state index contributed by atoms with van der Waals surface area (Å²) in [4.78, 5) is 20.2. The van der Waals surface area contributed by atoms with Crippen LogP contribution in [-0.2, 0) is 4.79 Å². The molecule has 3 rings (SSSR count). The van der Waals surface area contributed by atoms with Gasteiger partial charge in [0.1, 0.15) is 5.82 Å². The number of fused-ring (bicyclic) bond motifs is 1. The summed E-state index contributed by atoms with van der Waals surface area (Å²) >= 11 is 3.47. The molecule has 0 radical (unpaired) electrons. The van der Waals surface area contributed by atoms with Crippen molar-refractivity contribution in [3.8, 4) is 0 Å². The molecule has 0 saturated heterocycles. The minimum Gasteiger partial charge on any atom is -0.310 e. The molecule has 2 heterocycles. The third-order valence-corrected chi connectivity index (χ3v) is 3.75. The van der Waals surface area contributed by atoms with Crippen molar-refractivity contribution in [3.63, 3.8) is 0 Å². The Morgan fingerprint density at radius 3 is 2.83 bits per heavy atom. The Balaban J connectivity index is 1.99. The third kappa shape index (κ3) is 2.10. The van der Waals surface area contributed by atoms with Crippen LogP contribution in [0.1, 0.15) is 18.5 Å². The number of anilines is 1. The van der Waals surface area contributed by atoms with E-state index in [9.17, 15) is 4.79 Å². The molecule has 1 aliphatic rings. The fourth-order valence-electron chi connectivity index (χ4n) is 1.88. The number of nitrogens with one attached hydrogen (secondary N) is 1. The summed E-state index contributed by atoms with van der Waals surface area (Å²) in [7, 11) is 0. The van der Waals surface area contributed by atoms with E-state index < -0.39 is 0 Å². The van der Waals surface area contributed by atoms with E-state index in [1.165, 1.54) is 0 Å². The van der Waals surface area contributed by atoms with Gasteiger partial charge in [0.05, 0.1) is 0 Å². The molecule has 1 amide bonds. The van der Waals surface area contributed by atoms with E-state index in [0.29, 0.717) is 5.82 Å². The van der Waals surface area contributed by atoms with Crippen LogP contribution in [0.5, 0.6) is 0 Å². The summed E-state index contributed by atoms with van der Waals surface area (Å²) in [5.41, 5.74) is 0.931. The molecular weight excluding hydrogens is 294 g/mol. The van der Waals surface area contributed by atoms with Crippen LogP contribution in [0.15, 0.2) is 22.9 Å². The minimum absolute atomic E-state index is 0.0729. The number of amides is 1. The van der Waals surface area contributed by atoms with E-state index in [4.69, 9.17) is 0 Å². The maximum atomic E-state index is 11.7. The summed E-state index contributed by atoms with van der Waals surface area (Å²) in [6.07, 6.45) is 5.51. The van der Waals surface area contributed by atoms with Crippen LogP contribution in [0.2, 0.25) is 0 Å². The molecule has 0 spiro atoms. The SMILES string of the molecule is Cc1ncc(Br)c2cc(NC(=O)C3CC3)ncc12. The number of halogens is 1. The number of nitrogens with zero attached hydrogens (tertiary/aromatic N) is 2. The zero-order chi connectivity index (χ0) is 12.7. The van der Waals surface area contributed by atoms with Gasteiger partial charge >= 0.3 is 0 Å². The van der Waals surface area contributed by atoms with Gasteiger partial charge in [0.25, 0.3) is 0 Å². The Morgan fingerprint density at radius 2 is 2.11 bits per heavy atom. The van der Waals surface area contributed by atoms with Crippen molar-refractivity contribution in [1.29, 1.82) is 0 Å². The van der Waals surface area contributed by atoms with Crippen LogP contribution in [0.3, 0.4) is 0 Å². The van der Waals surface area contributed by atoms with Gasteiger partial charge in [-0.15, -0.1) is 0 Å². The van der Waals surface area contributed by atoms with Crippen LogP contribution in [0, 0.1) is 12.8 Å². The molecule has 5 heteroatoms. The first kappa shape index (κ1) is 11.6. The summed E-state index contributed by atoms with van der Waals surface area (Å²) in [6, 6.07) is 1.88. The minimum atomic E-state index is 0.0729. The topological polar surface area (TPSA) is 54.9 Å². The van der Waals surface area contributed by atoms with Gasteiger partial charge in [0.2, 0.25) is 5.91 Å². The number of rotatable bonds is 2. The Morgan fingerprint density at radius 1 is 1.33 bits per heavy atom. The number of carbonyl (C=O) groups excluding carboxylic acids is 1. The van der Waals surface area contributed by atoms with Gasteiger partial charge in [-0.05, 0) is 41.8 Å². The Hall–Kier alpha value is -1.49. The molecule has 1 saturated carbocycles. The zero-order valence-electron chi connectivity index (χ0n) is 9.90. The number of hydrogen-bond acceptors (Lipinski definition) is 3. The van der Waals surface area contributed by atoms with Crippen molar-refractivity contribution in [2.75, 3.05) is 5.32 Å². The van der Waals surface area contributed by atoms with Crippen molar-refractivity contribution < 1.29 is 4.79 Å². The number of carbonyl (C=O) groups is 1. The third-order valence-electron chi connectivity index (χ3n) is 3.12. The molecule has 2 aromatic heterocycles. The highest BCUT2D eigenvalue weighted by Crippen LogP contribution is 2.31. The lowest BCUT2D eigenvalue weighted by Gasteiger charge is -2.07. The van der Waals surface area contributed by atoms with E-state index in [2.05, 4.69) is 31.2 Å². The second kappa shape index (κ2) is 4.31. The molecule has 92 valence electrons. The molecule has 1 N–H and O–H groups in total. The molecule has 0 atom stereocenters. The lowest BCUT2D eigenvalue weighted by Crippen LogP contribution is -2.14. The molecule has 1 fully saturated rings. The van der Waals surface area contributed by atoms with Crippen LogP contribution in [0.25, 0.3) is 10.8 Å². The average Bonchev–Trinajstić information content (AvgIpc) is 3.18. The smallest absolute Gasteiger partial charge is 0.228 e. The fourth-order valence-corrected chi connectivity index (χ4v) is 2.31. The van der Waals surface area contributed by atoms with Crippen molar-refractivity contribution in [2.24, 2.45) is 5.92 Å². The molecule has 0 aromatic carbocycles. The maximum Gasteiger partial charge on any atom is 0.228 e. The van der Waals surface area contributed by atoms with Crippen molar-refractivity contribution in [2.45, 2.75) is 19.8 Å². The van der Waals surface area contributed by atoms with Crippen molar-refractivity contribution in [1.82, 2.24) is 9.97 Å². The normalized spacial score (nSPS) is 14.8. The number of aromatic nitrogens is 2. The summed E-state index contributed by atoms with van der Waals surface area (Å²) < 4.78 is 0.910.